The monoisotopic (exact) mass is 325 g/mol. The molecular formula is C21H27NO2. The maximum atomic E-state index is 12.7. The van der Waals surface area contributed by atoms with Crippen LogP contribution in [0, 0.1) is 5.92 Å². The summed E-state index contributed by atoms with van der Waals surface area (Å²) in [5, 5.41) is 5.54. The SMILES string of the molecule is COc1ccc2cc(C(C)C(=O)NC3CCCCC3C)ccc2c1. The van der Waals surface area contributed by atoms with Crippen molar-refractivity contribution in [1.29, 1.82) is 0 Å². The molecule has 1 N–H and O–H groups in total. The van der Waals surface area contributed by atoms with E-state index in [1.807, 2.05) is 25.1 Å². The first-order valence-corrected chi connectivity index (χ1v) is 8.96. The lowest BCUT2D eigenvalue weighted by Crippen LogP contribution is -2.42. The zero-order chi connectivity index (χ0) is 17.1. The Morgan fingerprint density at radius 1 is 1.12 bits per heavy atom. The number of rotatable bonds is 4. The molecule has 3 rings (SSSR count). The van der Waals surface area contributed by atoms with E-state index in [2.05, 4.69) is 30.4 Å². The summed E-state index contributed by atoms with van der Waals surface area (Å²) in [6.07, 6.45) is 4.84. The van der Waals surface area contributed by atoms with Crippen molar-refractivity contribution in [1.82, 2.24) is 5.32 Å². The molecule has 1 amide bonds. The van der Waals surface area contributed by atoms with Gasteiger partial charge in [-0.25, -0.2) is 0 Å². The van der Waals surface area contributed by atoms with Gasteiger partial charge in [0.2, 0.25) is 5.91 Å². The van der Waals surface area contributed by atoms with Crippen LogP contribution in [0.3, 0.4) is 0 Å². The summed E-state index contributed by atoms with van der Waals surface area (Å²) in [7, 11) is 1.67. The highest BCUT2D eigenvalue weighted by Crippen LogP contribution is 2.27. The fraction of sp³-hybridized carbons (Fsp3) is 0.476. The normalized spacial score (nSPS) is 22.1. The van der Waals surface area contributed by atoms with Crippen molar-refractivity contribution < 1.29 is 9.53 Å². The Morgan fingerprint density at radius 3 is 2.58 bits per heavy atom. The summed E-state index contributed by atoms with van der Waals surface area (Å²) in [5.41, 5.74) is 1.06. The molecule has 24 heavy (non-hydrogen) atoms. The summed E-state index contributed by atoms with van der Waals surface area (Å²) < 4.78 is 5.27. The van der Waals surface area contributed by atoms with Crippen LogP contribution >= 0.6 is 0 Å². The van der Waals surface area contributed by atoms with Crippen LogP contribution < -0.4 is 10.1 Å². The van der Waals surface area contributed by atoms with Gasteiger partial charge in [0.15, 0.2) is 0 Å². The second-order valence-electron chi connectivity index (χ2n) is 7.07. The topological polar surface area (TPSA) is 38.3 Å². The van der Waals surface area contributed by atoms with E-state index in [1.54, 1.807) is 7.11 Å². The van der Waals surface area contributed by atoms with Crippen molar-refractivity contribution in [2.45, 2.75) is 51.5 Å². The molecule has 1 saturated carbocycles. The molecular weight excluding hydrogens is 298 g/mol. The number of carbonyl (C=O) groups is 1. The Bertz CT molecular complexity index is 725. The predicted molar refractivity (Wildman–Crippen MR) is 98.5 cm³/mol. The highest BCUT2D eigenvalue weighted by atomic mass is 16.5. The summed E-state index contributed by atoms with van der Waals surface area (Å²) in [5.74, 6) is 1.44. The molecule has 0 bridgehead atoms. The van der Waals surface area contributed by atoms with Gasteiger partial charge in [0.05, 0.1) is 13.0 Å². The van der Waals surface area contributed by atoms with Gasteiger partial charge in [-0.2, -0.15) is 0 Å². The molecule has 0 radical (unpaired) electrons. The van der Waals surface area contributed by atoms with Gasteiger partial charge in [-0.1, -0.05) is 44.0 Å². The molecule has 3 heteroatoms. The quantitative estimate of drug-likeness (QED) is 0.889. The number of benzene rings is 2. The van der Waals surface area contributed by atoms with Gasteiger partial charge in [-0.15, -0.1) is 0 Å². The summed E-state index contributed by atoms with van der Waals surface area (Å²) in [6, 6.07) is 12.6. The van der Waals surface area contributed by atoms with Gasteiger partial charge in [0.1, 0.15) is 5.75 Å². The first-order chi connectivity index (χ1) is 11.6. The third kappa shape index (κ3) is 3.55. The average Bonchev–Trinajstić information content (AvgIpc) is 2.62. The molecule has 0 heterocycles. The number of carbonyl (C=O) groups excluding carboxylic acids is 1. The number of fused-ring (bicyclic) bond motifs is 1. The average molecular weight is 325 g/mol. The van der Waals surface area contributed by atoms with E-state index >= 15 is 0 Å². The number of nitrogens with one attached hydrogen (secondary N) is 1. The fourth-order valence-electron chi connectivity index (χ4n) is 3.63. The smallest absolute Gasteiger partial charge is 0.227 e. The van der Waals surface area contributed by atoms with Gasteiger partial charge in [-0.3, -0.25) is 4.79 Å². The molecule has 1 aliphatic rings. The lowest BCUT2D eigenvalue weighted by Gasteiger charge is -2.30. The van der Waals surface area contributed by atoms with Crippen molar-refractivity contribution in [2.75, 3.05) is 7.11 Å². The maximum absolute atomic E-state index is 12.7. The second kappa shape index (κ2) is 7.25. The van der Waals surface area contributed by atoms with Crippen molar-refractivity contribution in [3.8, 4) is 5.75 Å². The van der Waals surface area contributed by atoms with Crippen molar-refractivity contribution in [3.05, 3.63) is 42.0 Å². The third-order valence-corrected chi connectivity index (χ3v) is 5.40. The van der Waals surface area contributed by atoms with E-state index in [-0.39, 0.29) is 11.8 Å². The number of hydrogen-bond donors (Lipinski definition) is 1. The summed E-state index contributed by atoms with van der Waals surface area (Å²) >= 11 is 0. The van der Waals surface area contributed by atoms with Gasteiger partial charge >= 0.3 is 0 Å². The number of ether oxygens (including phenoxy) is 1. The molecule has 2 aromatic rings. The van der Waals surface area contributed by atoms with Gasteiger partial charge < -0.3 is 10.1 Å². The van der Waals surface area contributed by atoms with E-state index in [0.29, 0.717) is 12.0 Å². The first-order valence-electron chi connectivity index (χ1n) is 8.96. The van der Waals surface area contributed by atoms with Crippen LogP contribution in [0.15, 0.2) is 36.4 Å². The molecule has 1 aliphatic carbocycles. The van der Waals surface area contributed by atoms with Crippen LogP contribution in [0.4, 0.5) is 0 Å². The first kappa shape index (κ1) is 16.8. The van der Waals surface area contributed by atoms with Crippen molar-refractivity contribution >= 4 is 16.7 Å². The molecule has 1 fully saturated rings. The minimum absolute atomic E-state index is 0.134. The maximum Gasteiger partial charge on any atom is 0.227 e. The summed E-state index contributed by atoms with van der Waals surface area (Å²) in [6.45, 7) is 4.24. The zero-order valence-corrected chi connectivity index (χ0v) is 14.8. The van der Waals surface area contributed by atoms with E-state index in [0.717, 1.165) is 28.5 Å². The lowest BCUT2D eigenvalue weighted by atomic mass is 9.85. The van der Waals surface area contributed by atoms with Gasteiger partial charge in [0, 0.05) is 6.04 Å². The molecule has 3 nitrogen and oxygen atoms in total. The Hall–Kier alpha value is -2.03. The minimum Gasteiger partial charge on any atom is -0.497 e. The molecule has 0 saturated heterocycles. The Kier molecular flexibility index (Phi) is 5.08. The van der Waals surface area contributed by atoms with Crippen LogP contribution in [0.2, 0.25) is 0 Å². The molecule has 3 unspecified atom stereocenters. The molecule has 0 aliphatic heterocycles. The van der Waals surface area contributed by atoms with Crippen molar-refractivity contribution in [3.63, 3.8) is 0 Å². The highest BCUT2D eigenvalue weighted by Gasteiger charge is 2.25. The molecule has 0 spiro atoms. The standard InChI is InChI=1S/C21H27NO2/c1-14-6-4-5-7-20(14)22-21(23)15(2)16-8-9-18-13-19(24-3)11-10-17(18)12-16/h8-15,20H,4-7H2,1-3H3,(H,22,23). The fourth-order valence-corrected chi connectivity index (χ4v) is 3.63. The Labute approximate surface area is 144 Å². The van der Waals surface area contributed by atoms with Crippen LogP contribution in [0.25, 0.3) is 10.8 Å². The van der Waals surface area contributed by atoms with Gasteiger partial charge in [0.25, 0.3) is 0 Å². The predicted octanol–water partition coefficient (Wildman–Crippen LogP) is 4.65. The van der Waals surface area contributed by atoms with Gasteiger partial charge in [-0.05, 0) is 54.2 Å². The van der Waals surface area contributed by atoms with E-state index in [9.17, 15) is 4.79 Å². The Balaban J connectivity index is 1.74. The molecule has 0 aromatic heterocycles. The third-order valence-electron chi connectivity index (χ3n) is 5.40. The van der Waals surface area contributed by atoms with Crippen LogP contribution in [-0.2, 0) is 4.79 Å². The number of amides is 1. The van der Waals surface area contributed by atoms with Crippen LogP contribution in [0.5, 0.6) is 5.75 Å². The van der Waals surface area contributed by atoms with E-state index in [4.69, 9.17) is 4.74 Å². The van der Waals surface area contributed by atoms with Crippen LogP contribution in [-0.4, -0.2) is 19.1 Å². The largest absolute Gasteiger partial charge is 0.497 e. The molecule has 128 valence electrons. The zero-order valence-electron chi connectivity index (χ0n) is 14.8. The Morgan fingerprint density at radius 2 is 1.83 bits per heavy atom. The lowest BCUT2D eigenvalue weighted by molar-refractivity contribution is -0.123. The minimum atomic E-state index is -0.134. The highest BCUT2D eigenvalue weighted by molar-refractivity contribution is 5.88. The summed E-state index contributed by atoms with van der Waals surface area (Å²) in [4.78, 5) is 12.7. The van der Waals surface area contributed by atoms with Crippen molar-refractivity contribution in [2.24, 2.45) is 5.92 Å². The molecule has 2 aromatic carbocycles. The number of methoxy groups -OCH3 is 1. The number of hydrogen-bond acceptors (Lipinski definition) is 2. The molecule has 3 atom stereocenters. The van der Waals surface area contributed by atoms with E-state index in [1.165, 1.54) is 19.3 Å². The second-order valence-corrected chi connectivity index (χ2v) is 7.07. The van der Waals surface area contributed by atoms with E-state index < -0.39 is 0 Å². The van der Waals surface area contributed by atoms with Crippen LogP contribution in [0.1, 0.15) is 51.0 Å².